The molecule has 0 fully saturated rings. The van der Waals surface area contributed by atoms with Gasteiger partial charge in [0.25, 0.3) is 5.91 Å². The molecule has 0 aliphatic heterocycles. The number of methoxy groups -OCH3 is 1. The summed E-state index contributed by atoms with van der Waals surface area (Å²) >= 11 is 11.8. The monoisotopic (exact) mass is 387 g/mol. The van der Waals surface area contributed by atoms with Crippen LogP contribution in [0.5, 0.6) is 5.75 Å². The lowest BCUT2D eigenvalue weighted by molar-refractivity contribution is 0.102. The van der Waals surface area contributed by atoms with E-state index < -0.39 is 0 Å². The summed E-state index contributed by atoms with van der Waals surface area (Å²) in [5.74, 6) is 0.905. The van der Waals surface area contributed by atoms with Crippen molar-refractivity contribution in [3.8, 4) is 5.75 Å². The van der Waals surface area contributed by atoms with Gasteiger partial charge in [-0.15, -0.1) is 0 Å². The molecule has 0 aliphatic carbocycles. The molecule has 132 valence electrons. The summed E-state index contributed by atoms with van der Waals surface area (Å²) in [5.41, 5.74) is 2.10. The van der Waals surface area contributed by atoms with Crippen molar-refractivity contribution in [2.45, 2.75) is 0 Å². The minimum Gasteiger partial charge on any atom is -0.497 e. The van der Waals surface area contributed by atoms with Gasteiger partial charge in [0.2, 0.25) is 0 Å². The highest BCUT2D eigenvalue weighted by atomic mass is 35.5. The first-order valence-electron chi connectivity index (χ1n) is 7.69. The highest BCUT2D eigenvalue weighted by molar-refractivity contribution is 6.42. The van der Waals surface area contributed by atoms with Gasteiger partial charge in [0.05, 0.1) is 29.0 Å². The number of amides is 1. The molecule has 2 aromatic carbocycles. The Hall–Kier alpha value is -2.76. The standard InChI is InChI=1S/C19H15Cl2N3O2/c1-26-15-6-3-13(4-7-15)23-14-5-9-18(22-11-14)24-19(25)12-2-8-16(20)17(21)10-12/h2-11,23H,1H3,(H,22,24,25). The number of rotatable bonds is 5. The molecule has 0 saturated carbocycles. The van der Waals surface area contributed by atoms with Crippen molar-refractivity contribution < 1.29 is 9.53 Å². The Bertz CT molecular complexity index is 913. The summed E-state index contributed by atoms with van der Waals surface area (Å²) in [6.07, 6.45) is 1.63. The third-order valence-electron chi connectivity index (χ3n) is 3.57. The molecule has 26 heavy (non-hydrogen) atoms. The van der Waals surface area contributed by atoms with Crippen molar-refractivity contribution >= 4 is 46.3 Å². The molecular weight excluding hydrogens is 373 g/mol. The van der Waals surface area contributed by atoms with Crippen molar-refractivity contribution in [3.05, 3.63) is 76.4 Å². The van der Waals surface area contributed by atoms with Gasteiger partial charge in [-0.25, -0.2) is 4.98 Å². The summed E-state index contributed by atoms with van der Waals surface area (Å²) in [6.45, 7) is 0. The maximum absolute atomic E-state index is 12.2. The van der Waals surface area contributed by atoms with Crippen LogP contribution in [0, 0.1) is 0 Å². The van der Waals surface area contributed by atoms with Crippen molar-refractivity contribution in [1.29, 1.82) is 0 Å². The van der Waals surface area contributed by atoms with Crippen LogP contribution in [0.1, 0.15) is 10.4 Å². The Morgan fingerprint density at radius 1 is 0.962 bits per heavy atom. The number of anilines is 3. The number of ether oxygens (including phenoxy) is 1. The van der Waals surface area contributed by atoms with Gasteiger partial charge in [-0.3, -0.25) is 4.79 Å². The molecule has 3 aromatic rings. The molecule has 0 saturated heterocycles. The van der Waals surface area contributed by atoms with Gasteiger partial charge in [-0.1, -0.05) is 23.2 Å². The van der Waals surface area contributed by atoms with E-state index in [0.29, 0.717) is 21.4 Å². The van der Waals surface area contributed by atoms with Gasteiger partial charge in [0, 0.05) is 11.3 Å². The summed E-state index contributed by atoms with van der Waals surface area (Å²) in [6, 6.07) is 15.7. The molecule has 3 rings (SSSR count). The van der Waals surface area contributed by atoms with Crippen LogP contribution in [-0.2, 0) is 0 Å². The molecule has 1 amide bonds. The van der Waals surface area contributed by atoms with E-state index in [1.54, 1.807) is 31.5 Å². The zero-order chi connectivity index (χ0) is 18.5. The molecule has 5 nitrogen and oxygen atoms in total. The number of hydrogen-bond donors (Lipinski definition) is 2. The number of hydrogen-bond acceptors (Lipinski definition) is 4. The predicted molar refractivity (Wildman–Crippen MR) is 105 cm³/mol. The van der Waals surface area contributed by atoms with E-state index in [4.69, 9.17) is 27.9 Å². The minimum absolute atomic E-state index is 0.313. The average molecular weight is 388 g/mol. The van der Waals surface area contributed by atoms with E-state index in [2.05, 4.69) is 15.6 Å². The van der Waals surface area contributed by atoms with Crippen LogP contribution in [0.15, 0.2) is 60.8 Å². The number of benzene rings is 2. The lowest BCUT2D eigenvalue weighted by Crippen LogP contribution is -2.12. The number of pyridine rings is 1. The molecule has 2 N–H and O–H groups in total. The van der Waals surface area contributed by atoms with Crippen LogP contribution in [-0.4, -0.2) is 18.0 Å². The van der Waals surface area contributed by atoms with E-state index >= 15 is 0 Å². The van der Waals surface area contributed by atoms with Gasteiger partial charge in [-0.05, 0) is 54.6 Å². The first-order valence-corrected chi connectivity index (χ1v) is 8.44. The van der Waals surface area contributed by atoms with E-state index in [-0.39, 0.29) is 5.91 Å². The normalized spacial score (nSPS) is 10.3. The van der Waals surface area contributed by atoms with Crippen molar-refractivity contribution in [1.82, 2.24) is 4.98 Å². The van der Waals surface area contributed by atoms with E-state index in [0.717, 1.165) is 17.1 Å². The zero-order valence-corrected chi connectivity index (χ0v) is 15.3. The summed E-state index contributed by atoms with van der Waals surface area (Å²) < 4.78 is 5.13. The SMILES string of the molecule is COc1ccc(Nc2ccc(NC(=O)c3ccc(Cl)c(Cl)c3)nc2)cc1. The summed E-state index contributed by atoms with van der Waals surface area (Å²) in [5, 5.41) is 6.66. The Balaban J connectivity index is 1.65. The van der Waals surface area contributed by atoms with Crippen LogP contribution in [0.4, 0.5) is 17.2 Å². The fourth-order valence-corrected chi connectivity index (χ4v) is 2.51. The summed E-state index contributed by atoms with van der Waals surface area (Å²) in [4.78, 5) is 16.5. The molecule has 1 aromatic heterocycles. The number of halogens is 2. The number of carbonyl (C=O) groups excluding carboxylic acids is 1. The maximum Gasteiger partial charge on any atom is 0.256 e. The van der Waals surface area contributed by atoms with Crippen LogP contribution in [0.25, 0.3) is 0 Å². The first-order chi connectivity index (χ1) is 12.5. The molecule has 0 atom stereocenters. The fraction of sp³-hybridized carbons (Fsp3) is 0.0526. The first kappa shape index (κ1) is 18.0. The number of nitrogens with zero attached hydrogens (tertiary/aromatic N) is 1. The highest BCUT2D eigenvalue weighted by Crippen LogP contribution is 2.23. The van der Waals surface area contributed by atoms with Crippen LogP contribution in [0.3, 0.4) is 0 Å². The molecule has 0 radical (unpaired) electrons. The van der Waals surface area contributed by atoms with Crippen molar-refractivity contribution in [3.63, 3.8) is 0 Å². The number of carbonyl (C=O) groups is 1. The lowest BCUT2D eigenvalue weighted by Gasteiger charge is -2.09. The predicted octanol–water partition coefficient (Wildman–Crippen LogP) is 5.39. The van der Waals surface area contributed by atoms with Gasteiger partial charge in [0.1, 0.15) is 11.6 Å². The second-order valence-electron chi connectivity index (χ2n) is 5.37. The second kappa shape index (κ2) is 8.08. The zero-order valence-electron chi connectivity index (χ0n) is 13.8. The third-order valence-corrected chi connectivity index (χ3v) is 4.30. The van der Waals surface area contributed by atoms with E-state index in [1.807, 2.05) is 30.3 Å². The van der Waals surface area contributed by atoms with Crippen molar-refractivity contribution in [2.75, 3.05) is 17.7 Å². The molecule has 7 heteroatoms. The summed E-state index contributed by atoms with van der Waals surface area (Å²) in [7, 11) is 1.62. The van der Waals surface area contributed by atoms with E-state index in [1.165, 1.54) is 6.07 Å². The minimum atomic E-state index is -0.313. The molecule has 0 aliphatic rings. The largest absolute Gasteiger partial charge is 0.497 e. The van der Waals surface area contributed by atoms with Crippen LogP contribution >= 0.6 is 23.2 Å². The Morgan fingerprint density at radius 3 is 2.31 bits per heavy atom. The molecular formula is C19H15Cl2N3O2. The smallest absolute Gasteiger partial charge is 0.256 e. The van der Waals surface area contributed by atoms with Gasteiger partial charge >= 0.3 is 0 Å². The molecule has 1 heterocycles. The van der Waals surface area contributed by atoms with E-state index in [9.17, 15) is 4.79 Å². The third kappa shape index (κ3) is 4.45. The lowest BCUT2D eigenvalue weighted by atomic mass is 10.2. The Morgan fingerprint density at radius 2 is 1.69 bits per heavy atom. The Kier molecular flexibility index (Phi) is 5.61. The Labute approximate surface area is 160 Å². The van der Waals surface area contributed by atoms with Gasteiger partial charge in [-0.2, -0.15) is 0 Å². The average Bonchev–Trinajstić information content (AvgIpc) is 2.66. The molecule has 0 spiro atoms. The quantitative estimate of drug-likeness (QED) is 0.615. The molecule has 0 unspecified atom stereocenters. The van der Waals surface area contributed by atoms with Crippen LogP contribution in [0.2, 0.25) is 10.0 Å². The van der Waals surface area contributed by atoms with Crippen LogP contribution < -0.4 is 15.4 Å². The maximum atomic E-state index is 12.2. The van der Waals surface area contributed by atoms with Gasteiger partial charge < -0.3 is 15.4 Å². The number of nitrogens with one attached hydrogen (secondary N) is 2. The van der Waals surface area contributed by atoms with Crippen molar-refractivity contribution in [2.24, 2.45) is 0 Å². The molecule has 0 bridgehead atoms. The van der Waals surface area contributed by atoms with Gasteiger partial charge in [0.15, 0.2) is 0 Å². The fourth-order valence-electron chi connectivity index (χ4n) is 2.21. The number of aromatic nitrogens is 1. The second-order valence-corrected chi connectivity index (χ2v) is 6.18. The highest BCUT2D eigenvalue weighted by Gasteiger charge is 2.09. The topological polar surface area (TPSA) is 63.2 Å².